The number of fused-ring (bicyclic) bond motifs is 1. The van der Waals surface area contributed by atoms with Gasteiger partial charge < -0.3 is 14.8 Å². The van der Waals surface area contributed by atoms with E-state index < -0.39 is 0 Å². The summed E-state index contributed by atoms with van der Waals surface area (Å²) in [5.74, 6) is 0.808. The minimum Gasteiger partial charge on any atom is -0.423 e. The number of aryl methyl sites for hydroxylation is 2. The van der Waals surface area contributed by atoms with Gasteiger partial charge in [0.15, 0.2) is 5.52 Å². The molecule has 4 aromatic rings. The largest absolute Gasteiger partial charge is 0.423 e. The molecule has 0 radical (unpaired) electrons. The number of aliphatic hydroxyl groups is 1. The van der Waals surface area contributed by atoms with Crippen LogP contribution in [0, 0.1) is 0 Å². The van der Waals surface area contributed by atoms with E-state index in [-0.39, 0.29) is 18.1 Å². The Labute approximate surface area is 173 Å². The minimum absolute atomic E-state index is 0.141. The Balaban J connectivity index is 1.49. The molecule has 0 unspecified atom stereocenters. The molecule has 0 bridgehead atoms. The molecular weight excluding hydrogens is 421 g/mol. The third-order valence-corrected chi connectivity index (χ3v) is 4.86. The zero-order chi connectivity index (χ0) is 20.4. The average molecular weight is 436 g/mol. The van der Waals surface area contributed by atoms with E-state index in [1.807, 2.05) is 6.07 Å². The number of anilines is 1. The van der Waals surface area contributed by atoms with Gasteiger partial charge in [0.25, 0.3) is 5.56 Å². The summed E-state index contributed by atoms with van der Waals surface area (Å²) in [7, 11) is 0. The normalized spacial score (nSPS) is 11.3. The fraction of sp³-hybridized carbons (Fsp3) is 0.235. The molecule has 29 heavy (non-hydrogen) atoms. The second kappa shape index (κ2) is 8.19. The van der Waals surface area contributed by atoms with E-state index in [2.05, 4.69) is 30.6 Å². The molecule has 0 aliphatic rings. The van der Waals surface area contributed by atoms with Gasteiger partial charge in [0, 0.05) is 13.0 Å². The van der Waals surface area contributed by atoms with Gasteiger partial charge in [0.2, 0.25) is 17.7 Å². The molecule has 0 atom stereocenters. The SMILES string of the molecule is O=c1[nH]c(NCc2ccc(Cl)c(Cl)c2)nc2cnn(CCc3nnc(CO)o3)c12. The molecule has 10 nitrogen and oxygen atoms in total. The van der Waals surface area contributed by atoms with Crippen LogP contribution in [0.1, 0.15) is 17.3 Å². The molecule has 0 amide bonds. The van der Waals surface area contributed by atoms with Crippen molar-refractivity contribution in [1.82, 2.24) is 29.9 Å². The molecule has 3 N–H and O–H groups in total. The number of hydrogen-bond donors (Lipinski definition) is 3. The van der Waals surface area contributed by atoms with Gasteiger partial charge in [-0.3, -0.25) is 14.5 Å². The molecule has 4 rings (SSSR count). The highest BCUT2D eigenvalue weighted by Crippen LogP contribution is 2.22. The molecule has 3 aromatic heterocycles. The van der Waals surface area contributed by atoms with E-state index in [9.17, 15) is 4.79 Å². The second-order valence-corrected chi connectivity index (χ2v) is 6.93. The number of nitrogens with one attached hydrogen (secondary N) is 2. The third kappa shape index (κ3) is 4.24. The van der Waals surface area contributed by atoms with Crippen molar-refractivity contribution in [3.05, 3.63) is 62.1 Å². The van der Waals surface area contributed by atoms with E-state index in [0.29, 0.717) is 52.4 Å². The predicted molar refractivity (Wildman–Crippen MR) is 106 cm³/mol. The van der Waals surface area contributed by atoms with E-state index in [1.54, 1.807) is 12.1 Å². The van der Waals surface area contributed by atoms with E-state index in [1.165, 1.54) is 10.9 Å². The first-order chi connectivity index (χ1) is 14.0. The van der Waals surface area contributed by atoms with Crippen LogP contribution >= 0.6 is 23.2 Å². The average Bonchev–Trinajstić information content (AvgIpc) is 3.34. The van der Waals surface area contributed by atoms with Gasteiger partial charge in [0.05, 0.1) is 22.8 Å². The molecule has 0 fully saturated rings. The van der Waals surface area contributed by atoms with Crippen LogP contribution in [-0.4, -0.2) is 35.1 Å². The summed E-state index contributed by atoms with van der Waals surface area (Å²) in [5.41, 5.74) is 1.35. The Morgan fingerprint density at radius 2 is 2.03 bits per heavy atom. The lowest BCUT2D eigenvalue weighted by Gasteiger charge is -2.07. The highest BCUT2D eigenvalue weighted by molar-refractivity contribution is 6.42. The molecular formula is C17H15Cl2N7O3. The third-order valence-electron chi connectivity index (χ3n) is 4.12. The van der Waals surface area contributed by atoms with Gasteiger partial charge in [-0.15, -0.1) is 10.2 Å². The van der Waals surface area contributed by atoms with Gasteiger partial charge in [0.1, 0.15) is 12.1 Å². The highest BCUT2D eigenvalue weighted by atomic mass is 35.5. The number of H-pyrrole nitrogens is 1. The molecule has 3 heterocycles. The Morgan fingerprint density at radius 1 is 1.21 bits per heavy atom. The van der Waals surface area contributed by atoms with Gasteiger partial charge in [-0.2, -0.15) is 5.10 Å². The summed E-state index contributed by atoms with van der Waals surface area (Å²) in [6.45, 7) is 0.431. The molecule has 0 saturated carbocycles. The number of rotatable bonds is 7. The summed E-state index contributed by atoms with van der Waals surface area (Å²) >= 11 is 11.9. The van der Waals surface area contributed by atoms with Crippen LogP contribution in [0.4, 0.5) is 5.95 Å². The van der Waals surface area contributed by atoms with Crippen molar-refractivity contribution in [1.29, 1.82) is 0 Å². The lowest BCUT2D eigenvalue weighted by atomic mass is 10.2. The molecule has 0 aliphatic carbocycles. The van der Waals surface area contributed by atoms with Gasteiger partial charge >= 0.3 is 0 Å². The smallest absolute Gasteiger partial charge is 0.278 e. The first-order valence-corrected chi connectivity index (χ1v) is 9.35. The lowest BCUT2D eigenvalue weighted by Crippen LogP contribution is -2.16. The fourth-order valence-electron chi connectivity index (χ4n) is 2.75. The number of aromatic nitrogens is 6. The summed E-state index contributed by atoms with van der Waals surface area (Å²) in [6, 6.07) is 5.28. The van der Waals surface area contributed by atoms with Gasteiger partial charge in [-0.25, -0.2) is 4.98 Å². The van der Waals surface area contributed by atoms with Crippen molar-refractivity contribution in [2.45, 2.75) is 26.1 Å². The summed E-state index contributed by atoms with van der Waals surface area (Å²) in [5, 5.41) is 24.7. The summed E-state index contributed by atoms with van der Waals surface area (Å²) < 4.78 is 6.76. The Hall–Kier alpha value is -2.95. The van der Waals surface area contributed by atoms with Crippen molar-refractivity contribution in [2.24, 2.45) is 0 Å². The second-order valence-electron chi connectivity index (χ2n) is 6.12. The monoisotopic (exact) mass is 435 g/mol. The Bertz CT molecular complexity index is 1220. The molecule has 0 aliphatic heterocycles. The van der Waals surface area contributed by atoms with Gasteiger partial charge in [-0.1, -0.05) is 29.3 Å². The van der Waals surface area contributed by atoms with Crippen LogP contribution in [0.15, 0.2) is 33.6 Å². The number of halogens is 2. The maximum Gasteiger partial charge on any atom is 0.278 e. The molecule has 150 valence electrons. The lowest BCUT2D eigenvalue weighted by molar-refractivity contribution is 0.236. The number of aliphatic hydroxyl groups excluding tert-OH is 1. The highest BCUT2D eigenvalue weighted by Gasteiger charge is 2.12. The van der Waals surface area contributed by atoms with E-state index in [4.69, 9.17) is 32.7 Å². The van der Waals surface area contributed by atoms with Crippen LogP contribution in [0.3, 0.4) is 0 Å². The summed E-state index contributed by atoms with van der Waals surface area (Å²) in [4.78, 5) is 19.6. The standard InChI is InChI=1S/C17H15Cl2N7O3/c18-10-2-1-9(5-11(10)19)6-20-17-22-12-7-21-26(15(12)16(28)23-17)4-3-13-24-25-14(8-27)29-13/h1-2,5,7,27H,3-4,6,8H2,(H2,20,22,23,28). The maximum atomic E-state index is 12.5. The Morgan fingerprint density at radius 3 is 2.79 bits per heavy atom. The van der Waals surface area contributed by atoms with Crippen LogP contribution in [0.25, 0.3) is 11.0 Å². The fourth-order valence-corrected chi connectivity index (χ4v) is 3.07. The molecule has 12 heteroatoms. The first kappa shape index (κ1) is 19.4. The van der Waals surface area contributed by atoms with Crippen LogP contribution in [0.5, 0.6) is 0 Å². The Kier molecular flexibility index (Phi) is 5.47. The predicted octanol–water partition coefficient (Wildman–Crippen LogP) is 2.16. The topological polar surface area (TPSA) is 135 Å². The number of aromatic amines is 1. The van der Waals surface area contributed by atoms with Crippen molar-refractivity contribution in [3.8, 4) is 0 Å². The zero-order valence-corrected chi connectivity index (χ0v) is 16.4. The number of nitrogens with zero attached hydrogens (tertiary/aromatic N) is 5. The first-order valence-electron chi connectivity index (χ1n) is 8.59. The quantitative estimate of drug-likeness (QED) is 0.401. The van der Waals surface area contributed by atoms with Gasteiger partial charge in [-0.05, 0) is 17.7 Å². The van der Waals surface area contributed by atoms with Crippen molar-refractivity contribution in [3.63, 3.8) is 0 Å². The molecule has 1 aromatic carbocycles. The minimum atomic E-state index is -0.328. The number of hydrogen-bond acceptors (Lipinski definition) is 8. The summed E-state index contributed by atoms with van der Waals surface area (Å²) in [6.07, 6.45) is 1.88. The van der Waals surface area contributed by atoms with Crippen LogP contribution < -0.4 is 10.9 Å². The van der Waals surface area contributed by atoms with Crippen LogP contribution in [-0.2, 0) is 26.1 Å². The van der Waals surface area contributed by atoms with E-state index >= 15 is 0 Å². The van der Waals surface area contributed by atoms with E-state index in [0.717, 1.165) is 5.56 Å². The molecule has 0 saturated heterocycles. The van der Waals surface area contributed by atoms with Crippen molar-refractivity contribution < 1.29 is 9.52 Å². The number of benzene rings is 1. The molecule has 0 spiro atoms. The maximum absolute atomic E-state index is 12.5. The van der Waals surface area contributed by atoms with Crippen molar-refractivity contribution in [2.75, 3.05) is 5.32 Å². The zero-order valence-electron chi connectivity index (χ0n) is 14.9. The van der Waals surface area contributed by atoms with Crippen molar-refractivity contribution >= 4 is 40.2 Å². The van der Waals surface area contributed by atoms with Crippen LogP contribution in [0.2, 0.25) is 10.0 Å².